The fraction of sp³-hybridized carbons (Fsp3) is 0.250. The zero-order valence-electron chi connectivity index (χ0n) is 19.8. The summed E-state index contributed by atoms with van der Waals surface area (Å²) in [5, 5.41) is 16.3. The summed E-state index contributed by atoms with van der Waals surface area (Å²) in [5.74, 6) is 0.284. The molecule has 194 valence electrons. The van der Waals surface area contributed by atoms with E-state index in [0.717, 1.165) is 16.9 Å². The number of rotatable bonds is 9. The molecule has 0 aliphatic heterocycles. The zero-order valence-corrected chi connectivity index (χ0v) is 21.3. The fourth-order valence-electron chi connectivity index (χ4n) is 3.15. The van der Waals surface area contributed by atoms with Gasteiger partial charge in [-0.2, -0.15) is 18.4 Å². The molecule has 13 heteroatoms. The number of carbonyl (C=O) groups excluding carboxylic acids is 1. The minimum atomic E-state index is -4.70. The third kappa shape index (κ3) is 7.12. The lowest BCUT2D eigenvalue weighted by Crippen LogP contribution is -2.13. The van der Waals surface area contributed by atoms with E-state index >= 15 is 0 Å². The number of aryl methyl sites for hydroxylation is 2. The van der Waals surface area contributed by atoms with E-state index in [2.05, 4.69) is 15.5 Å². The van der Waals surface area contributed by atoms with Crippen LogP contribution < -0.4 is 19.5 Å². The van der Waals surface area contributed by atoms with Crippen LogP contribution in [0.25, 0.3) is 6.08 Å². The van der Waals surface area contributed by atoms with Crippen molar-refractivity contribution in [1.29, 1.82) is 5.26 Å². The molecule has 3 aromatic rings. The van der Waals surface area contributed by atoms with Crippen LogP contribution in [0.5, 0.6) is 17.2 Å². The van der Waals surface area contributed by atoms with E-state index in [0.29, 0.717) is 5.56 Å². The molecule has 0 saturated heterocycles. The number of hydrogen-bond donors (Lipinski definition) is 1. The molecule has 0 unspecified atom stereocenters. The number of nitrogens with one attached hydrogen (secondary N) is 1. The van der Waals surface area contributed by atoms with Crippen LogP contribution in [0.3, 0.4) is 0 Å². The molecule has 0 aliphatic carbocycles. The number of hydrogen-bond acceptors (Lipinski definition) is 8. The predicted molar refractivity (Wildman–Crippen MR) is 132 cm³/mol. The molecule has 0 saturated carbocycles. The SMILES string of the molecule is COc1cc(/C=C(\C#N)C(=O)Nc2nnc(C(F)(F)F)s2)cc(Cl)c1OCCOc1c(C)cccc1C. The van der Waals surface area contributed by atoms with Gasteiger partial charge < -0.3 is 14.2 Å². The lowest BCUT2D eigenvalue weighted by molar-refractivity contribution is -0.138. The molecule has 1 heterocycles. The molecule has 1 amide bonds. The van der Waals surface area contributed by atoms with E-state index in [9.17, 15) is 23.2 Å². The highest BCUT2D eigenvalue weighted by molar-refractivity contribution is 7.15. The highest BCUT2D eigenvalue weighted by Gasteiger charge is 2.36. The Bertz CT molecular complexity index is 1350. The van der Waals surface area contributed by atoms with E-state index in [4.69, 9.17) is 25.8 Å². The van der Waals surface area contributed by atoms with E-state index in [1.165, 1.54) is 25.3 Å². The lowest BCUT2D eigenvalue weighted by Gasteiger charge is -2.15. The van der Waals surface area contributed by atoms with Crippen molar-refractivity contribution in [3.05, 3.63) is 62.6 Å². The number of alkyl halides is 3. The average Bonchev–Trinajstić information content (AvgIpc) is 3.31. The normalized spacial score (nSPS) is 11.6. The van der Waals surface area contributed by atoms with Crippen molar-refractivity contribution in [3.8, 4) is 23.3 Å². The van der Waals surface area contributed by atoms with E-state index in [1.807, 2.05) is 32.0 Å². The molecule has 1 N–H and O–H groups in total. The second kappa shape index (κ2) is 11.9. The number of para-hydroxylation sites is 1. The van der Waals surface area contributed by atoms with Gasteiger partial charge in [0, 0.05) is 0 Å². The number of nitriles is 1. The summed E-state index contributed by atoms with van der Waals surface area (Å²) in [7, 11) is 1.39. The van der Waals surface area contributed by atoms with Gasteiger partial charge in [0.2, 0.25) is 10.1 Å². The molecule has 37 heavy (non-hydrogen) atoms. The number of carbonyl (C=O) groups is 1. The highest BCUT2D eigenvalue weighted by Crippen LogP contribution is 2.37. The van der Waals surface area contributed by atoms with Gasteiger partial charge in [-0.25, -0.2) is 0 Å². The van der Waals surface area contributed by atoms with Gasteiger partial charge in [0.1, 0.15) is 30.6 Å². The van der Waals surface area contributed by atoms with Crippen LogP contribution in [0.2, 0.25) is 5.02 Å². The predicted octanol–water partition coefficient (Wildman–Crippen LogP) is 5.84. The largest absolute Gasteiger partial charge is 0.493 e. The summed E-state index contributed by atoms with van der Waals surface area (Å²) >= 11 is 6.50. The molecule has 0 atom stereocenters. The standard InChI is InChI=1S/C24H20ClF3N4O4S/c1-13-5-4-6-14(2)19(13)35-7-8-36-20-17(25)10-15(11-18(20)34-3)9-16(12-29)21(33)30-23-32-31-22(37-23)24(26,27)28/h4-6,9-11H,7-8H2,1-3H3,(H,30,32,33)/b16-9+. The Labute approximate surface area is 219 Å². The van der Waals surface area contributed by atoms with Crippen molar-refractivity contribution in [1.82, 2.24) is 10.2 Å². The molecule has 0 radical (unpaired) electrons. The molecular formula is C24H20ClF3N4O4S. The first-order chi connectivity index (χ1) is 17.5. The minimum Gasteiger partial charge on any atom is -0.493 e. The molecule has 0 aliphatic rings. The molecule has 2 aromatic carbocycles. The van der Waals surface area contributed by atoms with Gasteiger partial charge in [-0.05, 0) is 48.7 Å². The van der Waals surface area contributed by atoms with Crippen LogP contribution in [0.1, 0.15) is 21.7 Å². The monoisotopic (exact) mass is 552 g/mol. The molecule has 0 fully saturated rings. The third-order valence-corrected chi connectivity index (χ3v) is 5.96. The van der Waals surface area contributed by atoms with E-state index < -0.39 is 27.8 Å². The topological polar surface area (TPSA) is 106 Å². The number of ether oxygens (including phenoxy) is 3. The summed E-state index contributed by atoms with van der Waals surface area (Å²) in [6, 6.07) is 10.5. The third-order valence-electron chi connectivity index (χ3n) is 4.80. The number of amides is 1. The second-order valence-corrected chi connectivity index (χ2v) is 8.87. The van der Waals surface area contributed by atoms with Crippen LogP contribution >= 0.6 is 22.9 Å². The maximum absolute atomic E-state index is 12.7. The molecule has 1 aromatic heterocycles. The number of halogens is 4. The van der Waals surface area contributed by atoms with Gasteiger partial charge in [-0.1, -0.05) is 41.1 Å². The Hall–Kier alpha value is -3.82. The summed E-state index contributed by atoms with van der Waals surface area (Å²) in [6.45, 7) is 4.29. The molecule has 3 rings (SSSR count). The highest BCUT2D eigenvalue weighted by atomic mass is 35.5. The Morgan fingerprint density at radius 1 is 1.16 bits per heavy atom. The van der Waals surface area contributed by atoms with Crippen LogP contribution in [0, 0.1) is 25.2 Å². The van der Waals surface area contributed by atoms with Crippen molar-refractivity contribution in [3.63, 3.8) is 0 Å². The summed E-state index contributed by atoms with van der Waals surface area (Å²) in [4.78, 5) is 12.4. The van der Waals surface area contributed by atoms with Gasteiger partial charge in [-0.3, -0.25) is 10.1 Å². The summed E-state index contributed by atoms with van der Waals surface area (Å²) in [5.41, 5.74) is 1.91. The first-order valence-corrected chi connectivity index (χ1v) is 11.8. The van der Waals surface area contributed by atoms with Gasteiger partial charge in [0.05, 0.1) is 12.1 Å². The van der Waals surface area contributed by atoms with Gasteiger partial charge in [-0.15, -0.1) is 10.2 Å². The number of nitrogens with zero attached hydrogens (tertiary/aromatic N) is 3. The molecule has 0 spiro atoms. The van der Waals surface area contributed by atoms with Gasteiger partial charge >= 0.3 is 6.18 Å². The molecular weight excluding hydrogens is 533 g/mol. The van der Waals surface area contributed by atoms with Crippen molar-refractivity contribution in [2.45, 2.75) is 20.0 Å². The van der Waals surface area contributed by atoms with Crippen molar-refractivity contribution in [2.75, 3.05) is 25.6 Å². The zero-order chi connectivity index (χ0) is 27.2. The average molecular weight is 553 g/mol. The van der Waals surface area contributed by atoms with Gasteiger partial charge in [0.25, 0.3) is 5.91 Å². The van der Waals surface area contributed by atoms with Crippen molar-refractivity contribution in [2.24, 2.45) is 0 Å². The molecule has 0 bridgehead atoms. The first kappa shape index (κ1) is 27.8. The summed E-state index contributed by atoms with van der Waals surface area (Å²) < 4.78 is 55.0. The second-order valence-electron chi connectivity index (χ2n) is 7.49. The minimum absolute atomic E-state index is 0.139. The number of aromatic nitrogens is 2. The Balaban J connectivity index is 1.71. The smallest absolute Gasteiger partial charge is 0.445 e. The van der Waals surface area contributed by atoms with Crippen molar-refractivity contribution < 1.29 is 32.2 Å². The fourth-order valence-corrected chi connectivity index (χ4v) is 4.03. The number of methoxy groups -OCH3 is 1. The molecule has 8 nitrogen and oxygen atoms in total. The Kier molecular flexibility index (Phi) is 8.96. The van der Waals surface area contributed by atoms with Crippen LogP contribution in [-0.4, -0.2) is 36.4 Å². The lowest BCUT2D eigenvalue weighted by atomic mass is 10.1. The number of benzene rings is 2. The van der Waals surface area contributed by atoms with E-state index in [1.54, 1.807) is 6.07 Å². The van der Waals surface area contributed by atoms with Crippen LogP contribution in [-0.2, 0) is 11.0 Å². The van der Waals surface area contributed by atoms with Crippen LogP contribution in [0.15, 0.2) is 35.9 Å². The Morgan fingerprint density at radius 2 is 1.81 bits per heavy atom. The maximum Gasteiger partial charge on any atom is 0.445 e. The number of anilines is 1. The maximum atomic E-state index is 12.7. The van der Waals surface area contributed by atoms with E-state index in [-0.39, 0.29) is 41.1 Å². The van der Waals surface area contributed by atoms with Crippen LogP contribution in [0.4, 0.5) is 18.3 Å². The quantitative estimate of drug-likeness (QED) is 0.202. The van der Waals surface area contributed by atoms with Gasteiger partial charge in [0.15, 0.2) is 11.5 Å². The van der Waals surface area contributed by atoms with Crippen molar-refractivity contribution >= 4 is 40.1 Å². The Morgan fingerprint density at radius 3 is 2.38 bits per heavy atom. The first-order valence-electron chi connectivity index (χ1n) is 10.6. The summed E-state index contributed by atoms with van der Waals surface area (Å²) in [6.07, 6.45) is -3.50.